The zero-order valence-electron chi connectivity index (χ0n) is 12.7. The van der Waals surface area contributed by atoms with Crippen LogP contribution in [0.3, 0.4) is 0 Å². The maximum absolute atomic E-state index is 12.4. The number of aromatic nitrogens is 3. The number of carbonyl (C=O) groups is 1. The normalized spacial score (nSPS) is 18.3. The van der Waals surface area contributed by atoms with Crippen LogP contribution in [0.5, 0.6) is 0 Å². The summed E-state index contributed by atoms with van der Waals surface area (Å²) in [6.07, 6.45) is 3.54. The second-order valence-electron chi connectivity index (χ2n) is 5.56. The van der Waals surface area contributed by atoms with E-state index in [2.05, 4.69) is 25.2 Å². The number of anilines is 2. The lowest BCUT2D eigenvalue weighted by atomic mass is 9.97. The van der Waals surface area contributed by atoms with Crippen LogP contribution in [0.1, 0.15) is 24.2 Å². The van der Waals surface area contributed by atoms with E-state index in [0.29, 0.717) is 11.7 Å². The van der Waals surface area contributed by atoms with Crippen molar-refractivity contribution in [3.8, 4) is 0 Å². The van der Waals surface area contributed by atoms with E-state index in [4.69, 9.17) is 0 Å². The number of amides is 1. The maximum Gasteiger partial charge on any atom is 0.231 e. The molecule has 1 amide bonds. The molecular formula is C15H19N5OS. The van der Waals surface area contributed by atoms with E-state index in [1.807, 2.05) is 25.3 Å². The van der Waals surface area contributed by atoms with Crippen LogP contribution in [0.15, 0.2) is 17.6 Å². The van der Waals surface area contributed by atoms with Gasteiger partial charge in [-0.15, -0.1) is 11.3 Å². The number of hydrogen-bond donors (Lipinski definition) is 1. The lowest BCUT2D eigenvalue weighted by Gasteiger charge is -2.32. The second-order valence-corrected chi connectivity index (χ2v) is 6.46. The van der Waals surface area contributed by atoms with Crippen LogP contribution in [-0.2, 0) is 4.79 Å². The molecule has 7 heteroatoms. The fraction of sp³-hybridized carbons (Fsp3) is 0.467. The van der Waals surface area contributed by atoms with Gasteiger partial charge in [0.1, 0.15) is 0 Å². The summed E-state index contributed by atoms with van der Waals surface area (Å²) in [5.41, 5.74) is 1.91. The van der Waals surface area contributed by atoms with Gasteiger partial charge in [-0.1, -0.05) is 0 Å². The summed E-state index contributed by atoms with van der Waals surface area (Å²) in [5.74, 6) is 0.704. The Morgan fingerprint density at radius 3 is 2.82 bits per heavy atom. The summed E-state index contributed by atoms with van der Waals surface area (Å²) in [6.45, 7) is 5.48. The van der Waals surface area contributed by atoms with Crippen LogP contribution in [0.2, 0.25) is 0 Å². The van der Waals surface area contributed by atoms with E-state index in [-0.39, 0.29) is 11.8 Å². The highest BCUT2D eigenvalue weighted by atomic mass is 32.1. The van der Waals surface area contributed by atoms with Gasteiger partial charge in [0.2, 0.25) is 11.9 Å². The number of piperidine rings is 1. The first-order valence-corrected chi connectivity index (χ1v) is 8.27. The fourth-order valence-corrected chi connectivity index (χ4v) is 3.25. The number of nitrogens with one attached hydrogen (secondary N) is 1. The van der Waals surface area contributed by atoms with Crippen LogP contribution in [0.4, 0.5) is 11.1 Å². The molecule has 22 heavy (non-hydrogen) atoms. The molecule has 1 aliphatic heterocycles. The molecule has 1 atom stereocenters. The summed E-state index contributed by atoms with van der Waals surface area (Å²) in [7, 11) is 0. The van der Waals surface area contributed by atoms with Gasteiger partial charge in [0.25, 0.3) is 0 Å². The van der Waals surface area contributed by atoms with E-state index in [0.717, 1.165) is 36.7 Å². The maximum atomic E-state index is 12.4. The molecule has 1 aliphatic rings. The third-order valence-electron chi connectivity index (χ3n) is 3.71. The van der Waals surface area contributed by atoms with E-state index in [9.17, 15) is 4.79 Å². The third kappa shape index (κ3) is 3.41. The number of hydrogen-bond acceptors (Lipinski definition) is 6. The van der Waals surface area contributed by atoms with Crippen LogP contribution >= 0.6 is 11.3 Å². The molecule has 116 valence electrons. The van der Waals surface area contributed by atoms with Crippen LogP contribution in [0.25, 0.3) is 0 Å². The summed E-state index contributed by atoms with van der Waals surface area (Å²) in [5, 5.41) is 5.40. The number of rotatable bonds is 3. The minimum absolute atomic E-state index is 0.0315. The molecule has 1 N–H and O–H groups in total. The van der Waals surface area contributed by atoms with Crippen LogP contribution < -0.4 is 10.2 Å². The van der Waals surface area contributed by atoms with Crippen LogP contribution in [0, 0.1) is 19.8 Å². The van der Waals surface area contributed by atoms with Gasteiger partial charge in [0.05, 0.1) is 5.92 Å². The summed E-state index contributed by atoms with van der Waals surface area (Å²) in [4.78, 5) is 27.6. The third-order valence-corrected chi connectivity index (χ3v) is 4.40. The van der Waals surface area contributed by atoms with Crippen molar-refractivity contribution in [2.75, 3.05) is 23.3 Å². The van der Waals surface area contributed by atoms with E-state index in [1.54, 1.807) is 6.20 Å². The summed E-state index contributed by atoms with van der Waals surface area (Å²) in [6, 6.07) is 1.96. The SMILES string of the molecule is Cc1cc(C)nc(N2CCC[C@H](C(=O)Nc3nccs3)C2)n1. The summed E-state index contributed by atoms with van der Waals surface area (Å²) < 4.78 is 0. The van der Waals surface area contributed by atoms with Gasteiger partial charge in [-0.25, -0.2) is 15.0 Å². The largest absolute Gasteiger partial charge is 0.340 e. The molecule has 2 aromatic rings. The smallest absolute Gasteiger partial charge is 0.231 e. The Kier molecular flexibility index (Phi) is 4.33. The molecular weight excluding hydrogens is 298 g/mol. The predicted octanol–water partition coefficient (Wildman–Crippen LogP) is 2.41. The zero-order valence-corrected chi connectivity index (χ0v) is 13.6. The highest BCUT2D eigenvalue weighted by molar-refractivity contribution is 7.13. The van der Waals surface area contributed by atoms with Gasteiger partial charge in [-0.05, 0) is 32.8 Å². The molecule has 0 spiro atoms. The minimum Gasteiger partial charge on any atom is -0.340 e. The van der Waals surface area contributed by atoms with Crippen LogP contribution in [-0.4, -0.2) is 33.9 Å². The van der Waals surface area contributed by atoms with E-state index in [1.165, 1.54) is 11.3 Å². The lowest BCUT2D eigenvalue weighted by Crippen LogP contribution is -2.41. The van der Waals surface area contributed by atoms with Gasteiger partial charge in [-0.3, -0.25) is 4.79 Å². The summed E-state index contributed by atoms with van der Waals surface area (Å²) >= 11 is 1.43. The zero-order chi connectivity index (χ0) is 15.5. The van der Waals surface area contributed by atoms with E-state index < -0.39 is 0 Å². The predicted molar refractivity (Wildman–Crippen MR) is 87.2 cm³/mol. The molecule has 3 heterocycles. The monoisotopic (exact) mass is 317 g/mol. The average Bonchev–Trinajstić information content (AvgIpc) is 2.99. The molecule has 1 fully saturated rings. The Bertz CT molecular complexity index is 638. The highest BCUT2D eigenvalue weighted by Crippen LogP contribution is 2.22. The molecule has 0 saturated carbocycles. The molecule has 1 saturated heterocycles. The van der Waals surface area contributed by atoms with Gasteiger partial charge in [0.15, 0.2) is 5.13 Å². The first-order chi connectivity index (χ1) is 10.6. The van der Waals surface area contributed by atoms with Crippen molar-refractivity contribution < 1.29 is 4.79 Å². The number of carbonyl (C=O) groups excluding carboxylic acids is 1. The average molecular weight is 317 g/mol. The van der Waals surface area contributed by atoms with Crippen molar-refractivity contribution in [3.63, 3.8) is 0 Å². The van der Waals surface area contributed by atoms with Crippen molar-refractivity contribution >= 4 is 28.3 Å². The van der Waals surface area contributed by atoms with E-state index >= 15 is 0 Å². The first kappa shape index (κ1) is 14.9. The molecule has 0 aliphatic carbocycles. The Balaban J connectivity index is 1.69. The molecule has 0 aromatic carbocycles. The molecule has 3 rings (SSSR count). The van der Waals surface area contributed by atoms with Crippen molar-refractivity contribution in [1.29, 1.82) is 0 Å². The highest BCUT2D eigenvalue weighted by Gasteiger charge is 2.27. The number of thiazole rings is 1. The Labute approximate surface area is 133 Å². The molecule has 0 unspecified atom stereocenters. The first-order valence-electron chi connectivity index (χ1n) is 7.39. The quantitative estimate of drug-likeness (QED) is 0.941. The Morgan fingerprint density at radius 1 is 1.36 bits per heavy atom. The molecule has 6 nitrogen and oxygen atoms in total. The minimum atomic E-state index is -0.0536. The van der Waals surface area contributed by atoms with Gasteiger partial charge >= 0.3 is 0 Å². The molecule has 0 radical (unpaired) electrons. The molecule has 0 bridgehead atoms. The number of nitrogens with zero attached hydrogens (tertiary/aromatic N) is 4. The topological polar surface area (TPSA) is 71.0 Å². The van der Waals surface area contributed by atoms with Crippen molar-refractivity contribution in [2.45, 2.75) is 26.7 Å². The van der Waals surface area contributed by atoms with Gasteiger partial charge < -0.3 is 10.2 Å². The van der Waals surface area contributed by atoms with Crippen molar-refractivity contribution in [3.05, 3.63) is 29.0 Å². The standard InChI is InChI=1S/C15H19N5OS/c1-10-8-11(2)18-14(17-10)20-6-3-4-12(9-20)13(21)19-15-16-5-7-22-15/h5,7-8,12H,3-4,6,9H2,1-2H3,(H,16,19,21)/t12-/m0/s1. The Morgan fingerprint density at radius 2 is 2.14 bits per heavy atom. The second kappa shape index (κ2) is 6.39. The molecule has 2 aromatic heterocycles. The van der Waals surface area contributed by atoms with Gasteiger partial charge in [0, 0.05) is 36.1 Å². The fourth-order valence-electron chi connectivity index (χ4n) is 2.71. The van der Waals surface area contributed by atoms with Gasteiger partial charge in [-0.2, -0.15) is 0 Å². The lowest BCUT2D eigenvalue weighted by molar-refractivity contribution is -0.120. The van der Waals surface area contributed by atoms with Crippen molar-refractivity contribution in [2.24, 2.45) is 5.92 Å². The van der Waals surface area contributed by atoms with Crippen molar-refractivity contribution in [1.82, 2.24) is 15.0 Å². The Hall–Kier alpha value is -2.02. The number of aryl methyl sites for hydroxylation is 2.